The predicted octanol–water partition coefficient (Wildman–Crippen LogP) is 2.83. The summed E-state index contributed by atoms with van der Waals surface area (Å²) in [4.78, 5) is 12.2. The van der Waals surface area contributed by atoms with Crippen molar-refractivity contribution in [3.05, 3.63) is 36.1 Å². The summed E-state index contributed by atoms with van der Waals surface area (Å²) in [6.45, 7) is 0. The van der Waals surface area contributed by atoms with E-state index in [2.05, 4.69) is 5.32 Å². The van der Waals surface area contributed by atoms with Crippen molar-refractivity contribution in [2.75, 3.05) is 0 Å². The van der Waals surface area contributed by atoms with Gasteiger partial charge in [0, 0.05) is 11.8 Å². The maximum Gasteiger partial charge on any atom is 0.475 e. The lowest BCUT2D eigenvalue weighted by Crippen LogP contribution is -2.47. The van der Waals surface area contributed by atoms with Crippen LogP contribution in [0, 0.1) is 5.92 Å². The van der Waals surface area contributed by atoms with Crippen LogP contribution in [0.4, 0.5) is 0 Å². The first-order chi connectivity index (χ1) is 12.1. The summed E-state index contributed by atoms with van der Waals surface area (Å²) in [5.41, 5.74) is 1.62. The second-order valence-electron chi connectivity index (χ2n) is 7.09. The summed E-state index contributed by atoms with van der Waals surface area (Å²) in [5.74, 6) is -0.217. The minimum atomic E-state index is -1.60. The van der Waals surface area contributed by atoms with Gasteiger partial charge in [-0.2, -0.15) is 0 Å². The van der Waals surface area contributed by atoms with E-state index in [0.717, 1.165) is 23.0 Å². The zero-order valence-electron chi connectivity index (χ0n) is 14.5. The molecular weight excluding hydrogens is 317 g/mol. The molecule has 1 amide bonds. The quantitative estimate of drug-likeness (QED) is 0.675. The van der Waals surface area contributed by atoms with Crippen molar-refractivity contribution in [2.45, 2.75) is 57.3 Å². The first-order valence-electron chi connectivity index (χ1n) is 9.24. The number of benzene rings is 1. The Morgan fingerprint density at radius 1 is 1.24 bits per heavy atom. The van der Waals surface area contributed by atoms with E-state index in [9.17, 15) is 14.8 Å². The Kier molecular flexibility index (Phi) is 6.16. The number of para-hydroxylation sites is 1. The number of carbonyl (C=O) groups excluding carboxylic acids is 1. The Morgan fingerprint density at radius 3 is 2.76 bits per heavy atom. The highest BCUT2D eigenvalue weighted by molar-refractivity contribution is 6.43. The van der Waals surface area contributed by atoms with Crippen LogP contribution in [-0.2, 0) is 11.2 Å². The maximum atomic E-state index is 12.2. The Morgan fingerprint density at radius 2 is 2.00 bits per heavy atom. The largest absolute Gasteiger partial charge is 0.475 e. The Balaban J connectivity index is 1.56. The molecule has 1 heterocycles. The van der Waals surface area contributed by atoms with Crippen LogP contribution in [-0.4, -0.2) is 29.0 Å². The molecule has 25 heavy (non-hydrogen) atoms. The summed E-state index contributed by atoms with van der Waals surface area (Å²) < 4.78 is 5.49. The number of hydrogen-bond acceptors (Lipinski definition) is 4. The van der Waals surface area contributed by atoms with E-state index in [0.29, 0.717) is 18.8 Å². The van der Waals surface area contributed by atoms with E-state index in [1.807, 2.05) is 24.3 Å². The topological polar surface area (TPSA) is 82.7 Å². The zero-order valence-corrected chi connectivity index (χ0v) is 14.5. The van der Waals surface area contributed by atoms with Gasteiger partial charge in [-0.15, -0.1) is 0 Å². The third-order valence-electron chi connectivity index (χ3n) is 5.21. The van der Waals surface area contributed by atoms with Gasteiger partial charge in [0.15, 0.2) is 0 Å². The number of carbonyl (C=O) groups is 1. The minimum Gasteiger partial charge on any atom is -0.464 e. The second-order valence-corrected chi connectivity index (χ2v) is 7.09. The molecular formula is C19H26BNO4. The van der Waals surface area contributed by atoms with E-state index < -0.39 is 13.1 Å². The molecule has 3 N–H and O–H groups in total. The van der Waals surface area contributed by atoms with Gasteiger partial charge in [0.05, 0.1) is 12.2 Å². The van der Waals surface area contributed by atoms with Crippen molar-refractivity contribution in [1.82, 2.24) is 5.32 Å². The molecule has 2 aromatic rings. The van der Waals surface area contributed by atoms with Gasteiger partial charge < -0.3 is 19.8 Å². The van der Waals surface area contributed by atoms with Gasteiger partial charge in [0.2, 0.25) is 5.91 Å². The molecule has 0 radical (unpaired) electrons. The summed E-state index contributed by atoms with van der Waals surface area (Å²) in [6, 6.07) is 7.60. The van der Waals surface area contributed by atoms with Crippen LogP contribution in [0.5, 0.6) is 0 Å². The van der Waals surface area contributed by atoms with Gasteiger partial charge in [-0.25, -0.2) is 0 Å². The first kappa shape index (κ1) is 18.0. The lowest BCUT2D eigenvalue weighted by Gasteiger charge is -2.22. The van der Waals surface area contributed by atoms with E-state index >= 15 is 0 Å². The molecule has 1 atom stereocenters. The third kappa shape index (κ3) is 4.86. The van der Waals surface area contributed by atoms with Gasteiger partial charge in [-0.05, 0) is 30.4 Å². The molecule has 5 nitrogen and oxygen atoms in total. The normalized spacial score (nSPS) is 16.7. The number of fused-ring (bicyclic) bond motifs is 1. The fraction of sp³-hybridized carbons (Fsp3) is 0.526. The Hall–Kier alpha value is -1.79. The number of nitrogens with one attached hydrogen (secondary N) is 1. The van der Waals surface area contributed by atoms with Crippen molar-refractivity contribution in [2.24, 2.45) is 5.92 Å². The van der Waals surface area contributed by atoms with E-state index in [-0.39, 0.29) is 5.91 Å². The van der Waals surface area contributed by atoms with Gasteiger partial charge in [-0.3, -0.25) is 4.79 Å². The van der Waals surface area contributed by atoms with Gasteiger partial charge in [0.25, 0.3) is 0 Å². The molecule has 1 aromatic carbocycles. The minimum absolute atomic E-state index is 0.114. The number of furan rings is 1. The van der Waals surface area contributed by atoms with Crippen molar-refractivity contribution in [3.63, 3.8) is 0 Å². The molecule has 0 spiro atoms. The highest BCUT2D eigenvalue weighted by Gasteiger charge is 2.27. The van der Waals surface area contributed by atoms with Crippen molar-refractivity contribution in [1.29, 1.82) is 0 Å². The molecule has 1 aliphatic carbocycles. The molecule has 1 saturated carbocycles. The fourth-order valence-electron chi connectivity index (χ4n) is 3.75. The molecule has 134 valence electrons. The molecule has 1 aromatic heterocycles. The monoisotopic (exact) mass is 343 g/mol. The maximum absolute atomic E-state index is 12.2. The molecule has 0 bridgehead atoms. The number of hydrogen-bond donors (Lipinski definition) is 3. The highest BCUT2D eigenvalue weighted by Crippen LogP contribution is 2.27. The summed E-state index contributed by atoms with van der Waals surface area (Å²) in [7, 11) is -1.60. The lowest BCUT2D eigenvalue weighted by atomic mass is 9.75. The molecule has 0 saturated heterocycles. The summed E-state index contributed by atoms with van der Waals surface area (Å²) >= 11 is 0. The smallest absolute Gasteiger partial charge is 0.464 e. The van der Waals surface area contributed by atoms with E-state index in [1.165, 1.54) is 32.1 Å². The average Bonchev–Trinajstić information content (AvgIpc) is 3.03. The van der Waals surface area contributed by atoms with Crippen LogP contribution in [0.2, 0.25) is 0 Å². The summed E-state index contributed by atoms with van der Waals surface area (Å²) in [6.07, 6.45) is 9.52. The second kappa shape index (κ2) is 8.54. The highest BCUT2D eigenvalue weighted by atomic mass is 16.4. The van der Waals surface area contributed by atoms with E-state index in [4.69, 9.17) is 4.42 Å². The molecule has 0 unspecified atom stereocenters. The van der Waals surface area contributed by atoms with E-state index in [1.54, 1.807) is 6.26 Å². The Bertz CT molecular complexity index is 694. The van der Waals surface area contributed by atoms with Gasteiger partial charge >= 0.3 is 7.12 Å². The van der Waals surface area contributed by atoms with Crippen LogP contribution in [0.25, 0.3) is 11.0 Å². The fourth-order valence-corrected chi connectivity index (χ4v) is 3.75. The molecule has 3 rings (SSSR count). The van der Waals surface area contributed by atoms with Crippen molar-refractivity contribution >= 4 is 24.0 Å². The molecule has 1 fully saturated rings. The van der Waals surface area contributed by atoms with Crippen LogP contribution in [0.15, 0.2) is 34.9 Å². The van der Waals surface area contributed by atoms with Gasteiger partial charge in [0.1, 0.15) is 5.58 Å². The van der Waals surface area contributed by atoms with Crippen LogP contribution < -0.4 is 5.32 Å². The van der Waals surface area contributed by atoms with Crippen molar-refractivity contribution in [3.8, 4) is 0 Å². The number of amides is 1. The van der Waals surface area contributed by atoms with Gasteiger partial charge in [-0.1, -0.05) is 50.3 Å². The predicted molar refractivity (Wildman–Crippen MR) is 97.8 cm³/mol. The first-order valence-corrected chi connectivity index (χ1v) is 9.24. The van der Waals surface area contributed by atoms with Crippen molar-refractivity contribution < 1.29 is 19.3 Å². The summed E-state index contributed by atoms with van der Waals surface area (Å²) in [5, 5.41) is 23.0. The molecule has 6 heteroatoms. The standard InChI is InChI=1S/C19H26BNO4/c22-19(11-10-14-6-2-1-3-7-14)21-18(20(23)24)12-15-13-25-17-9-5-4-8-16(15)17/h4-5,8-9,13-14,18,23-24H,1-3,6-7,10-12H2,(H,21,22)/t18-/m0/s1. The zero-order chi connectivity index (χ0) is 17.6. The molecule has 1 aliphatic rings. The SMILES string of the molecule is O=C(CCC1CCCCC1)N[C@@H](Cc1coc2ccccc12)B(O)O. The third-order valence-corrected chi connectivity index (χ3v) is 5.21. The lowest BCUT2D eigenvalue weighted by molar-refractivity contribution is -0.121. The molecule has 0 aliphatic heterocycles. The number of rotatable bonds is 7. The van der Waals surface area contributed by atoms with Crippen LogP contribution in [0.3, 0.4) is 0 Å². The average molecular weight is 343 g/mol. The van der Waals surface area contributed by atoms with Crippen LogP contribution >= 0.6 is 0 Å². The van der Waals surface area contributed by atoms with Crippen LogP contribution in [0.1, 0.15) is 50.5 Å². The Labute approximate surface area is 148 Å².